The van der Waals surface area contributed by atoms with Gasteiger partial charge in [-0.3, -0.25) is 4.79 Å². The maximum atomic E-state index is 13.6. The Bertz CT molecular complexity index is 1040. The minimum Gasteiger partial charge on any atom is -0.444 e. The van der Waals surface area contributed by atoms with E-state index in [1.807, 2.05) is 0 Å². The predicted octanol–water partition coefficient (Wildman–Crippen LogP) is 5.10. The lowest BCUT2D eigenvalue weighted by Crippen LogP contribution is -2.25. The van der Waals surface area contributed by atoms with Gasteiger partial charge in [0.1, 0.15) is 0 Å². The number of aryl methyl sites for hydroxylation is 3. The number of nitrogens with one attached hydrogen (secondary N) is 1. The molecule has 1 N–H and O–H groups in total. The predicted molar refractivity (Wildman–Crippen MR) is 100 cm³/mol. The van der Waals surface area contributed by atoms with Gasteiger partial charge in [0.15, 0.2) is 10.4 Å². The van der Waals surface area contributed by atoms with Crippen molar-refractivity contribution in [2.24, 2.45) is 0 Å². The van der Waals surface area contributed by atoms with Gasteiger partial charge in [-0.15, -0.1) is 0 Å². The summed E-state index contributed by atoms with van der Waals surface area (Å²) in [6.07, 6.45) is -4.57. The number of hydrogen-bond acceptors (Lipinski definition) is 3. The average molecular weight is 456 g/mol. The number of carbonyl (C=O) groups excluding carboxylic acids is 1. The second-order valence-corrected chi connectivity index (χ2v) is 7.21. The number of carbonyl (C=O) groups is 1. The molecule has 1 amide bonds. The van der Waals surface area contributed by atoms with Crippen molar-refractivity contribution in [1.82, 2.24) is 15.1 Å². The Hall–Kier alpha value is -2.55. The molecule has 2 heterocycles. The van der Waals surface area contributed by atoms with Crippen LogP contribution in [0.4, 0.5) is 13.2 Å². The minimum absolute atomic E-state index is 0.0468. The largest absolute Gasteiger partial charge is 0.444 e. The zero-order valence-electron chi connectivity index (χ0n) is 15.3. The lowest BCUT2D eigenvalue weighted by Gasteiger charge is -2.15. The summed E-state index contributed by atoms with van der Waals surface area (Å²) >= 11 is 3.12. The topological polar surface area (TPSA) is 60.1 Å². The summed E-state index contributed by atoms with van der Waals surface area (Å²) in [6, 6.07) is 7.32. The number of amides is 1. The average Bonchev–Trinajstić information content (AvgIpc) is 3.12. The Labute approximate surface area is 167 Å². The van der Waals surface area contributed by atoms with Crippen LogP contribution in [0.25, 0.3) is 5.69 Å². The summed E-state index contributed by atoms with van der Waals surface area (Å²) in [4.78, 5) is 12.2. The molecule has 0 unspecified atom stereocenters. The highest BCUT2D eigenvalue weighted by Gasteiger charge is 2.34. The standard InChI is InChI=1S/C19H17BrF3N3O2/c1-10-6-16(20)28-17(10)18(27)24-9-13-4-5-14(8-15(13)19(21,22)23)26-12(3)7-11(2)25-26/h4-8H,9H2,1-3H3,(H,24,27). The highest BCUT2D eigenvalue weighted by atomic mass is 79.9. The van der Waals surface area contributed by atoms with Crippen LogP contribution in [0.1, 0.15) is 38.6 Å². The molecule has 0 saturated carbocycles. The molecule has 0 spiro atoms. The second-order valence-electron chi connectivity index (χ2n) is 6.42. The summed E-state index contributed by atoms with van der Waals surface area (Å²) in [6.45, 7) is 4.93. The first-order valence-electron chi connectivity index (χ1n) is 8.34. The fourth-order valence-electron chi connectivity index (χ4n) is 2.93. The van der Waals surface area contributed by atoms with Gasteiger partial charge in [-0.1, -0.05) is 6.07 Å². The van der Waals surface area contributed by atoms with Gasteiger partial charge in [-0.05, 0) is 66.5 Å². The Balaban J connectivity index is 1.89. The maximum Gasteiger partial charge on any atom is 0.416 e. The van der Waals surface area contributed by atoms with Crippen LogP contribution in [0.2, 0.25) is 0 Å². The number of hydrogen-bond donors (Lipinski definition) is 1. The summed E-state index contributed by atoms with van der Waals surface area (Å²) < 4.78 is 47.8. The summed E-state index contributed by atoms with van der Waals surface area (Å²) in [5.41, 5.74) is 1.46. The van der Waals surface area contributed by atoms with E-state index in [0.29, 0.717) is 21.6 Å². The van der Waals surface area contributed by atoms with E-state index in [2.05, 4.69) is 26.3 Å². The summed E-state index contributed by atoms with van der Waals surface area (Å²) in [5, 5.41) is 6.70. The van der Waals surface area contributed by atoms with Crippen molar-refractivity contribution in [3.63, 3.8) is 0 Å². The molecule has 0 fully saturated rings. The van der Waals surface area contributed by atoms with E-state index in [-0.39, 0.29) is 17.9 Å². The molecular formula is C19H17BrF3N3O2. The molecule has 0 aliphatic heterocycles. The van der Waals surface area contributed by atoms with Crippen LogP contribution in [-0.4, -0.2) is 15.7 Å². The van der Waals surface area contributed by atoms with Gasteiger partial charge in [0, 0.05) is 17.8 Å². The normalized spacial score (nSPS) is 11.7. The number of halogens is 4. The maximum absolute atomic E-state index is 13.6. The first-order valence-corrected chi connectivity index (χ1v) is 9.13. The van der Waals surface area contributed by atoms with Crippen molar-refractivity contribution in [2.75, 3.05) is 0 Å². The van der Waals surface area contributed by atoms with Crippen molar-refractivity contribution in [3.05, 3.63) is 68.8 Å². The van der Waals surface area contributed by atoms with E-state index in [4.69, 9.17) is 4.42 Å². The number of nitrogens with zero attached hydrogens (tertiary/aromatic N) is 2. The number of benzene rings is 1. The molecule has 3 rings (SSSR count). The van der Waals surface area contributed by atoms with E-state index in [1.54, 1.807) is 39.0 Å². The molecule has 1 aromatic carbocycles. The number of furan rings is 1. The molecule has 0 radical (unpaired) electrons. The van der Waals surface area contributed by atoms with Crippen LogP contribution in [0.3, 0.4) is 0 Å². The molecule has 5 nitrogen and oxygen atoms in total. The molecular weight excluding hydrogens is 439 g/mol. The van der Waals surface area contributed by atoms with Gasteiger partial charge >= 0.3 is 6.18 Å². The van der Waals surface area contributed by atoms with Crippen molar-refractivity contribution >= 4 is 21.8 Å². The van der Waals surface area contributed by atoms with Crippen molar-refractivity contribution < 1.29 is 22.4 Å². The summed E-state index contributed by atoms with van der Waals surface area (Å²) in [7, 11) is 0. The molecule has 0 atom stereocenters. The van der Waals surface area contributed by atoms with Crippen molar-refractivity contribution in [3.8, 4) is 5.69 Å². The SMILES string of the molecule is Cc1cc(C)n(-c2ccc(CNC(=O)c3oc(Br)cc3C)c(C(F)(F)F)c2)n1. The zero-order valence-corrected chi connectivity index (χ0v) is 16.9. The first-order chi connectivity index (χ1) is 13.1. The molecule has 0 aliphatic rings. The van der Waals surface area contributed by atoms with Crippen LogP contribution in [-0.2, 0) is 12.7 Å². The zero-order chi connectivity index (χ0) is 20.6. The van der Waals surface area contributed by atoms with Crippen molar-refractivity contribution in [1.29, 1.82) is 0 Å². The van der Waals surface area contributed by atoms with Crippen LogP contribution in [0.5, 0.6) is 0 Å². The van der Waals surface area contributed by atoms with Crippen LogP contribution < -0.4 is 5.32 Å². The highest BCUT2D eigenvalue weighted by Crippen LogP contribution is 2.34. The molecule has 9 heteroatoms. The molecule has 0 aliphatic carbocycles. The second kappa shape index (κ2) is 7.46. The molecule has 2 aromatic heterocycles. The molecule has 0 saturated heterocycles. The Morgan fingerprint density at radius 2 is 1.93 bits per heavy atom. The fourth-order valence-corrected chi connectivity index (χ4v) is 3.43. The van der Waals surface area contributed by atoms with Gasteiger partial charge in [0.25, 0.3) is 5.91 Å². The van der Waals surface area contributed by atoms with E-state index < -0.39 is 17.6 Å². The third-order valence-corrected chi connectivity index (χ3v) is 4.58. The van der Waals surface area contributed by atoms with Crippen molar-refractivity contribution in [2.45, 2.75) is 33.5 Å². The van der Waals surface area contributed by atoms with E-state index >= 15 is 0 Å². The number of rotatable bonds is 4. The van der Waals surface area contributed by atoms with Gasteiger partial charge in [-0.25, -0.2) is 4.68 Å². The number of alkyl halides is 3. The van der Waals surface area contributed by atoms with Gasteiger partial charge < -0.3 is 9.73 Å². The Kier molecular flexibility index (Phi) is 5.38. The lowest BCUT2D eigenvalue weighted by atomic mass is 10.1. The van der Waals surface area contributed by atoms with Crippen LogP contribution in [0.15, 0.2) is 39.4 Å². The van der Waals surface area contributed by atoms with Gasteiger partial charge in [0.2, 0.25) is 0 Å². The van der Waals surface area contributed by atoms with Crippen LogP contribution in [0, 0.1) is 20.8 Å². The van der Waals surface area contributed by atoms with Crippen LogP contribution >= 0.6 is 15.9 Å². The smallest absolute Gasteiger partial charge is 0.416 e. The molecule has 28 heavy (non-hydrogen) atoms. The molecule has 3 aromatic rings. The third kappa shape index (κ3) is 4.14. The lowest BCUT2D eigenvalue weighted by molar-refractivity contribution is -0.138. The highest BCUT2D eigenvalue weighted by molar-refractivity contribution is 9.10. The third-order valence-electron chi connectivity index (χ3n) is 4.19. The number of aromatic nitrogens is 2. The summed E-state index contributed by atoms with van der Waals surface area (Å²) in [5.74, 6) is -0.529. The Morgan fingerprint density at radius 1 is 1.21 bits per heavy atom. The van der Waals surface area contributed by atoms with E-state index in [9.17, 15) is 18.0 Å². The fraction of sp³-hybridized carbons (Fsp3) is 0.263. The molecule has 0 bridgehead atoms. The first kappa shape index (κ1) is 20.2. The Morgan fingerprint density at radius 3 is 2.46 bits per heavy atom. The monoisotopic (exact) mass is 455 g/mol. The van der Waals surface area contributed by atoms with E-state index in [1.165, 1.54) is 10.7 Å². The van der Waals surface area contributed by atoms with Gasteiger partial charge in [-0.2, -0.15) is 18.3 Å². The van der Waals surface area contributed by atoms with E-state index in [0.717, 1.165) is 11.8 Å². The van der Waals surface area contributed by atoms with Gasteiger partial charge in [0.05, 0.1) is 16.9 Å². The molecule has 148 valence electrons. The quantitative estimate of drug-likeness (QED) is 0.594. The minimum atomic E-state index is -4.57.